The Bertz CT molecular complexity index is 957. The van der Waals surface area contributed by atoms with Crippen LogP contribution in [0, 0.1) is 0 Å². The van der Waals surface area contributed by atoms with Crippen LogP contribution < -0.4 is 17.2 Å². The normalized spacial score (nSPS) is 11.8. The number of pyridine rings is 3. The van der Waals surface area contributed by atoms with Gasteiger partial charge in [0, 0.05) is 58.9 Å². The van der Waals surface area contributed by atoms with Crippen molar-refractivity contribution in [3.8, 4) is 0 Å². The molecule has 2 unspecified atom stereocenters. The van der Waals surface area contributed by atoms with Gasteiger partial charge in [0.05, 0.1) is 5.69 Å². The molecule has 178 valence electrons. The van der Waals surface area contributed by atoms with Crippen molar-refractivity contribution in [1.29, 1.82) is 0 Å². The van der Waals surface area contributed by atoms with Gasteiger partial charge in [-0.2, -0.15) is 0 Å². The fraction of sp³-hybridized carbons (Fsp3) is 0.370. The van der Waals surface area contributed by atoms with Crippen LogP contribution in [0.3, 0.4) is 0 Å². The maximum absolute atomic E-state index is 5.92. The molecular formula is C27H40N6. The Hall–Kier alpha value is -3.41. The smallest absolute Gasteiger partial charge is 0.0644 e. The zero-order valence-electron chi connectivity index (χ0n) is 20.5. The number of hydrogen-bond donors (Lipinski definition) is 3. The second kappa shape index (κ2) is 15.4. The maximum atomic E-state index is 5.92. The van der Waals surface area contributed by atoms with E-state index in [2.05, 4.69) is 35.4 Å². The number of anilines is 3. The molecule has 0 aliphatic rings. The second-order valence-electron chi connectivity index (χ2n) is 7.57. The lowest BCUT2D eigenvalue weighted by Crippen LogP contribution is -2.10. The zero-order valence-corrected chi connectivity index (χ0v) is 20.5. The van der Waals surface area contributed by atoms with Crippen LogP contribution in [-0.4, -0.2) is 15.0 Å². The fourth-order valence-corrected chi connectivity index (χ4v) is 3.53. The molecule has 0 fully saturated rings. The standard InChI is InChI=1S/C18H26N4.C7H8N2.C2H6/c1-3-5-14(18-12-16(20)7-9-22-18)10-13(4-2)17-11-15(19)6-8-21-17;1-2-7-5-6(8)3-4-9-7;1-2/h6-9,11-14H,3-5,10H2,1-2H3,(H2,19,21)(H2,20,22);2-5H,1H2,(H2,8,9);1-2H3. The molecule has 2 atom stereocenters. The molecule has 6 nitrogen and oxygen atoms in total. The molecule has 3 heterocycles. The summed E-state index contributed by atoms with van der Waals surface area (Å²) in [6.45, 7) is 12.0. The Morgan fingerprint density at radius 3 is 1.67 bits per heavy atom. The summed E-state index contributed by atoms with van der Waals surface area (Å²) in [5, 5.41) is 0. The molecule has 0 spiro atoms. The molecule has 0 bridgehead atoms. The van der Waals surface area contributed by atoms with Crippen molar-refractivity contribution in [3.05, 3.63) is 78.6 Å². The highest BCUT2D eigenvalue weighted by molar-refractivity contribution is 5.49. The van der Waals surface area contributed by atoms with E-state index in [0.717, 1.165) is 59.8 Å². The molecule has 3 aromatic heterocycles. The third kappa shape index (κ3) is 9.73. The van der Waals surface area contributed by atoms with Crippen molar-refractivity contribution in [2.45, 2.75) is 65.2 Å². The minimum absolute atomic E-state index is 0.392. The lowest BCUT2D eigenvalue weighted by atomic mass is 9.85. The number of aromatic nitrogens is 3. The van der Waals surface area contributed by atoms with E-state index < -0.39 is 0 Å². The Balaban J connectivity index is 0.000000412. The molecule has 3 rings (SSSR count). The van der Waals surface area contributed by atoms with E-state index in [1.807, 2.05) is 38.1 Å². The molecule has 6 N–H and O–H groups in total. The summed E-state index contributed by atoms with van der Waals surface area (Å²) in [6, 6.07) is 11.2. The van der Waals surface area contributed by atoms with Crippen LogP contribution in [0.25, 0.3) is 6.08 Å². The summed E-state index contributed by atoms with van der Waals surface area (Å²) in [6.07, 6.45) is 11.2. The minimum atomic E-state index is 0.392. The molecule has 0 saturated heterocycles. The number of nitrogens with zero attached hydrogens (tertiary/aromatic N) is 3. The Morgan fingerprint density at radius 1 is 0.788 bits per heavy atom. The Morgan fingerprint density at radius 2 is 1.27 bits per heavy atom. The van der Waals surface area contributed by atoms with Crippen molar-refractivity contribution in [2.75, 3.05) is 17.2 Å². The first-order chi connectivity index (χ1) is 16.0. The van der Waals surface area contributed by atoms with Gasteiger partial charge < -0.3 is 17.2 Å². The van der Waals surface area contributed by atoms with E-state index in [1.54, 1.807) is 36.8 Å². The molecule has 0 radical (unpaired) electrons. The molecular weight excluding hydrogens is 408 g/mol. The van der Waals surface area contributed by atoms with Crippen molar-refractivity contribution in [1.82, 2.24) is 15.0 Å². The van der Waals surface area contributed by atoms with E-state index in [0.29, 0.717) is 11.8 Å². The van der Waals surface area contributed by atoms with Crippen LogP contribution in [0.5, 0.6) is 0 Å². The van der Waals surface area contributed by atoms with Gasteiger partial charge >= 0.3 is 0 Å². The van der Waals surface area contributed by atoms with Gasteiger partial charge in [-0.3, -0.25) is 15.0 Å². The lowest BCUT2D eigenvalue weighted by Gasteiger charge is -2.22. The van der Waals surface area contributed by atoms with Crippen LogP contribution in [0.1, 0.15) is 82.3 Å². The van der Waals surface area contributed by atoms with E-state index in [4.69, 9.17) is 17.2 Å². The van der Waals surface area contributed by atoms with Crippen LogP contribution in [0.15, 0.2) is 61.6 Å². The third-order valence-corrected chi connectivity index (χ3v) is 5.16. The summed E-state index contributed by atoms with van der Waals surface area (Å²) in [7, 11) is 0. The molecule has 33 heavy (non-hydrogen) atoms. The second-order valence-corrected chi connectivity index (χ2v) is 7.57. The van der Waals surface area contributed by atoms with Gasteiger partial charge in [-0.25, -0.2) is 0 Å². The van der Waals surface area contributed by atoms with Crippen molar-refractivity contribution >= 4 is 23.1 Å². The first-order valence-corrected chi connectivity index (χ1v) is 11.7. The van der Waals surface area contributed by atoms with Crippen LogP contribution in [-0.2, 0) is 0 Å². The van der Waals surface area contributed by atoms with Gasteiger partial charge in [0.25, 0.3) is 0 Å². The highest BCUT2D eigenvalue weighted by Crippen LogP contribution is 2.34. The molecule has 0 amide bonds. The molecule has 0 saturated carbocycles. The van der Waals surface area contributed by atoms with Gasteiger partial charge in [-0.05, 0) is 61.7 Å². The van der Waals surface area contributed by atoms with Crippen molar-refractivity contribution in [3.63, 3.8) is 0 Å². The Kier molecular flexibility index (Phi) is 12.9. The van der Waals surface area contributed by atoms with Crippen LogP contribution in [0.4, 0.5) is 17.1 Å². The zero-order chi connectivity index (χ0) is 24.6. The highest BCUT2D eigenvalue weighted by atomic mass is 14.7. The first kappa shape index (κ1) is 27.6. The average molecular weight is 449 g/mol. The van der Waals surface area contributed by atoms with Gasteiger partial charge in [0.15, 0.2) is 0 Å². The first-order valence-electron chi connectivity index (χ1n) is 11.7. The van der Waals surface area contributed by atoms with Gasteiger partial charge in [0.2, 0.25) is 0 Å². The molecule has 0 aromatic carbocycles. The van der Waals surface area contributed by atoms with Gasteiger partial charge in [-0.1, -0.05) is 40.7 Å². The summed E-state index contributed by atoms with van der Waals surface area (Å²) in [5.41, 5.74) is 22.5. The van der Waals surface area contributed by atoms with Gasteiger partial charge in [0.1, 0.15) is 0 Å². The molecule has 3 aromatic rings. The third-order valence-electron chi connectivity index (χ3n) is 5.16. The predicted octanol–water partition coefficient (Wildman–Crippen LogP) is 6.44. The highest BCUT2D eigenvalue weighted by Gasteiger charge is 2.20. The molecule has 0 aliphatic carbocycles. The maximum Gasteiger partial charge on any atom is 0.0644 e. The summed E-state index contributed by atoms with van der Waals surface area (Å²) >= 11 is 0. The van der Waals surface area contributed by atoms with E-state index in [9.17, 15) is 0 Å². The monoisotopic (exact) mass is 448 g/mol. The van der Waals surface area contributed by atoms with Crippen LogP contribution >= 0.6 is 0 Å². The largest absolute Gasteiger partial charge is 0.399 e. The van der Waals surface area contributed by atoms with Crippen LogP contribution in [0.2, 0.25) is 0 Å². The quantitative estimate of drug-likeness (QED) is 0.365. The number of nitrogen functional groups attached to an aromatic ring is 3. The van der Waals surface area contributed by atoms with Gasteiger partial charge in [-0.15, -0.1) is 0 Å². The minimum Gasteiger partial charge on any atom is -0.399 e. The summed E-state index contributed by atoms with van der Waals surface area (Å²) < 4.78 is 0. The molecule has 0 aliphatic heterocycles. The lowest BCUT2D eigenvalue weighted by molar-refractivity contribution is 0.476. The van der Waals surface area contributed by atoms with Crippen molar-refractivity contribution in [2.24, 2.45) is 0 Å². The summed E-state index contributed by atoms with van der Waals surface area (Å²) in [5.74, 6) is 0.796. The Labute approximate surface area is 199 Å². The molecule has 6 heteroatoms. The van der Waals surface area contributed by atoms with E-state index in [1.165, 1.54) is 0 Å². The fourth-order valence-electron chi connectivity index (χ4n) is 3.53. The van der Waals surface area contributed by atoms with E-state index >= 15 is 0 Å². The topological polar surface area (TPSA) is 117 Å². The SMILES string of the molecule is C=Cc1cc(N)ccn1.CC.CCCC(CC(CC)c1cc(N)ccn1)c1cc(N)ccn1. The number of hydrogen-bond acceptors (Lipinski definition) is 6. The number of nitrogens with two attached hydrogens (primary N) is 3. The summed E-state index contributed by atoms with van der Waals surface area (Å²) in [4.78, 5) is 13.0. The van der Waals surface area contributed by atoms with Crippen molar-refractivity contribution < 1.29 is 0 Å². The predicted molar refractivity (Wildman–Crippen MR) is 143 cm³/mol. The van der Waals surface area contributed by atoms with E-state index in [-0.39, 0.29) is 0 Å². The number of rotatable bonds is 8. The average Bonchev–Trinajstić information content (AvgIpc) is 2.83.